The highest BCUT2D eigenvalue weighted by Gasteiger charge is 2.19. The summed E-state index contributed by atoms with van der Waals surface area (Å²) in [5.74, 6) is 0.733. The summed E-state index contributed by atoms with van der Waals surface area (Å²) in [5.41, 5.74) is 0.886. The van der Waals surface area contributed by atoms with Crippen molar-refractivity contribution in [3.05, 3.63) is 28.9 Å². The molecule has 0 unspecified atom stereocenters. The molecule has 2 heterocycles. The zero-order chi connectivity index (χ0) is 13.4. The van der Waals surface area contributed by atoms with Gasteiger partial charge in [0.25, 0.3) is 0 Å². The molecular formula is C13H10ClNO4. The summed E-state index contributed by atoms with van der Waals surface area (Å²) >= 11 is 6.24. The number of pyridine rings is 1. The molecule has 6 heteroatoms. The summed E-state index contributed by atoms with van der Waals surface area (Å²) in [6.45, 7) is 2.20. The van der Waals surface area contributed by atoms with Gasteiger partial charge in [0, 0.05) is 17.6 Å². The van der Waals surface area contributed by atoms with Gasteiger partial charge in [0.1, 0.15) is 0 Å². The number of aromatic nitrogens is 1. The number of esters is 1. The lowest BCUT2D eigenvalue weighted by molar-refractivity contribution is 0.0526. The Bertz CT molecular complexity index is 671. The topological polar surface area (TPSA) is 57.7 Å². The second-order valence-electron chi connectivity index (χ2n) is 3.93. The van der Waals surface area contributed by atoms with Crippen molar-refractivity contribution in [1.82, 2.24) is 4.98 Å². The SMILES string of the molecule is CCOC(=O)c1cnc2cc3c(cc2c1Cl)OCO3. The van der Waals surface area contributed by atoms with Gasteiger partial charge in [-0.15, -0.1) is 0 Å². The van der Waals surface area contributed by atoms with Gasteiger partial charge in [0.05, 0.1) is 22.7 Å². The van der Waals surface area contributed by atoms with Gasteiger partial charge < -0.3 is 14.2 Å². The lowest BCUT2D eigenvalue weighted by Gasteiger charge is -2.07. The van der Waals surface area contributed by atoms with Gasteiger partial charge in [-0.1, -0.05) is 11.6 Å². The molecule has 1 aromatic carbocycles. The van der Waals surface area contributed by atoms with E-state index >= 15 is 0 Å². The van der Waals surface area contributed by atoms with Gasteiger partial charge in [0.2, 0.25) is 6.79 Å². The number of hydrogen-bond donors (Lipinski definition) is 0. The van der Waals surface area contributed by atoms with E-state index < -0.39 is 5.97 Å². The van der Waals surface area contributed by atoms with E-state index in [0.29, 0.717) is 27.4 Å². The Hall–Kier alpha value is -2.01. The summed E-state index contributed by atoms with van der Waals surface area (Å²) in [6, 6.07) is 3.45. The fraction of sp³-hybridized carbons (Fsp3) is 0.231. The normalized spacial score (nSPS) is 12.7. The summed E-state index contributed by atoms with van der Waals surface area (Å²) in [5, 5.41) is 0.943. The Kier molecular flexibility index (Phi) is 2.91. The molecule has 1 aliphatic heterocycles. The van der Waals surface area contributed by atoms with Gasteiger partial charge in [-0.2, -0.15) is 0 Å². The summed E-state index contributed by atoms with van der Waals surface area (Å²) in [6.07, 6.45) is 1.41. The van der Waals surface area contributed by atoms with Gasteiger partial charge in [-0.25, -0.2) is 4.79 Å². The number of benzene rings is 1. The fourth-order valence-electron chi connectivity index (χ4n) is 1.90. The molecule has 1 aliphatic rings. The smallest absolute Gasteiger partial charge is 0.341 e. The number of fused-ring (bicyclic) bond motifs is 2. The van der Waals surface area contributed by atoms with Gasteiger partial charge >= 0.3 is 5.97 Å². The summed E-state index contributed by atoms with van der Waals surface area (Å²) in [7, 11) is 0. The molecule has 0 saturated heterocycles. The van der Waals surface area contributed by atoms with Gasteiger partial charge in [0.15, 0.2) is 11.5 Å². The summed E-state index contributed by atoms with van der Waals surface area (Å²) in [4.78, 5) is 15.9. The Morgan fingerprint density at radius 3 is 2.89 bits per heavy atom. The minimum atomic E-state index is -0.487. The van der Waals surface area contributed by atoms with Crippen LogP contribution < -0.4 is 9.47 Å². The van der Waals surface area contributed by atoms with E-state index in [1.165, 1.54) is 6.20 Å². The molecule has 0 N–H and O–H groups in total. The van der Waals surface area contributed by atoms with Gasteiger partial charge in [-0.05, 0) is 13.0 Å². The van der Waals surface area contributed by atoms with Crippen LogP contribution in [0.25, 0.3) is 10.9 Å². The van der Waals surface area contributed by atoms with Crippen LogP contribution in [0.1, 0.15) is 17.3 Å². The number of carbonyl (C=O) groups is 1. The van der Waals surface area contributed by atoms with Crippen molar-refractivity contribution in [3.8, 4) is 11.5 Å². The predicted molar refractivity (Wildman–Crippen MR) is 68.8 cm³/mol. The maximum Gasteiger partial charge on any atom is 0.341 e. The van der Waals surface area contributed by atoms with Crippen molar-refractivity contribution in [1.29, 1.82) is 0 Å². The third-order valence-corrected chi connectivity index (χ3v) is 3.20. The molecule has 19 heavy (non-hydrogen) atoms. The second kappa shape index (κ2) is 4.59. The van der Waals surface area contributed by atoms with Crippen LogP contribution in [0.5, 0.6) is 11.5 Å². The zero-order valence-electron chi connectivity index (χ0n) is 10.1. The first-order valence-electron chi connectivity index (χ1n) is 5.75. The Labute approximate surface area is 114 Å². The van der Waals surface area contributed by atoms with Crippen LogP contribution in [0.3, 0.4) is 0 Å². The zero-order valence-corrected chi connectivity index (χ0v) is 10.9. The van der Waals surface area contributed by atoms with E-state index in [-0.39, 0.29) is 19.0 Å². The number of ether oxygens (including phenoxy) is 3. The molecule has 0 atom stereocenters. The monoisotopic (exact) mass is 279 g/mol. The highest BCUT2D eigenvalue weighted by Crippen LogP contribution is 2.38. The molecule has 5 nitrogen and oxygen atoms in total. The van der Waals surface area contributed by atoms with Crippen molar-refractivity contribution in [2.75, 3.05) is 13.4 Å². The number of carbonyl (C=O) groups excluding carboxylic acids is 1. The lowest BCUT2D eigenvalue weighted by atomic mass is 10.1. The van der Waals surface area contributed by atoms with Gasteiger partial charge in [-0.3, -0.25) is 4.98 Å². The van der Waals surface area contributed by atoms with Crippen molar-refractivity contribution < 1.29 is 19.0 Å². The van der Waals surface area contributed by atoms with E-state index in [9.17, 15) is 4.79 Å². The molecule has 0 radical (unpaired) electrons. The van der Waals surface area contributed by atoms with Crippen LogP contribution in [0.2, 0.25) is 5.02 Å². The Morgan fingerprint density at radius 1 is 1.42 bits per heavy atom. The van der Waals surface area contributed by atoms with E-state index in [4.69, 9.17) is 25.8 Å². The molecular weight excluding hydrogens is 270 g/mol. The predicted octanol–water partition coefficient (Wildman–Crippen LogP) is 2.79. The first-order chi connectivity index (χ1) is 9.20. The lowest BCUT2D eigenvalue weighted by Crippen LogP contribution is -2.06. The average Bonchev–Trinajstić information content (AvgIpc) is 2.84. The van der Waals surface area contributed by atoms with Crippen molar-refractivity contribution in [3.63, 3.8) is 0 Å². The van der Waals surface area contributed by atoms with E-state index in [1.54, 1.807) is 19.1 Å². The Balaban J connectivity index is 2.16. The first kappa shape index (κ1) is 12.0. The first-order valence-corrected chi connectivity index (χ1v) is 6.13. The van der Waals surface area contributed by atoms with Crippen LogP contribution in [0, 0.1) is 0 Å². The molecule has 98 valence electrons. The van der Waals surface area contributed by atoms with Crippen molar-refractivity contribution >= 4 is 28.5 Å². The quantitative estimate of drug-likeness (QED) is 0.791. The molecule has 0 saturated carbocycles. The molecule has 0 spiro atoms. The summed E-state index contributed by atoms with van der Waals surface area (Å²) < 4.78 is 15.5. The van der Waals surface area contributed by atoms with Crippen LogP contribution >= 0.6 is 11.6 Å². The minimum Gasteiger partial charge on any atom is -0.462 e. The van der Waals surface area contributed by atoms with Crippen LogP contribution in [-0.2, 0) is 4.74 Å². The standard InChI is InChI=1S/C13H10ClNO4/c1-2-17-13(16)8-5-15-9-4-11-10(18-6-19-11)3-7(9)12(8)14/h3-5H,2,6H2,1H3. The van der Waals surface area contributed by atoms with Crippen molar-refractivity contribution in [2.45, 2.75) is 6.92 Å². The number of hydrogen-bond acceptors (Lipinski definition) is 5. The van der Waals surface area contributed by atoms with Crippen molar-refractivity contribution in [2.24, 2.45) is 0 Å². The number of rotatable bonds is 2. The molecule has 0 aliphatic carbocycles. The van der Waals surface area contributed by atoms with Crippen LogP contribution in [-0.4, -0.2) is 24.4 Å². The molecule has 0 fully saturated rings. The van der Waals surface area contributed by atoms with E-state index in [2.05, 4.69) is 4.98 Å². The van der Waals surface area contributed by atoms with Crippen LogP contribution in [0.15, 0.2) is 18.3 Å². The highest BCUT2D eigenvalue weighted by atomic mass is 35.5. The molecule has 0 bridgehead atoms. The minimum absolute atomic E-state index is 0.175. The third kappa shape index (κ3) is 1.96. The molecule has 3 rings (SSSR count). The maximum atomic E-state index is 11.7. The average molecular weight is 280 g/mol. The highest BCUT2D eigenvalue weighted by molar-refractivity contribution is 6.38. The van der Waals surface area contributed by atoms with E-state index in [0.717, 1.165) is 0 Å². The fourth-order valence-corrected chi connectivity index (χ4v) is 2.18. The second-order valence-corrected chi connectivity index (χ2v) is 4.31. The molecule has 0 amide bonds. The Morgan fingerprint density at radius 2 is 2.16 bits per heavy atom. The molecule has 1 aromatic heterocycles. The maximum absolute atomic E-state index is 11.7. The largest absolute Gasteiger partial charge is 0.462 e. The number of halogens is 1. The van der Waals surface area contributed by atoms with E-state index in [1.807, 2.05) is 0 Å². The third-order valence-electron chi connectivity index (χ3n) is 2.79. The van der Waals surface area contributed by atoms with Crippen LogP contribution in [0.4, 0.5) is 0 Å². The molecule has 2 aromatic rings. The number of nitrogens with zero attached hydrogens (tertiary/aromatic N) is 1.